The molecule has 1 aromatic carbocycles. The van der Waals surface area contributed by atoms with Gasteiger partial charge in [-0.05, 0) is 68.8 Å². The fourth-order valence-electron chi connectivity index (χ4n) is 4.11. The average molecular weight is 444 g/mol. The second-order valence-corrected chi connectivity index (χ2v) is 9.05. The minimum atomic E-state index is 0.638. The van der Waals surface area contributed by atoms with Crippen molar-refractivity contribution >= 4 is 23.5 Å². The molecule has 2 fully saturated rings. The molecule has 0 aliphatic carbocycles. The number of rotatable bonds is 8. The van der Waals surface area contributed by atoms with Gasteiger partial charge in [0.15, 0.2) is 0 Å². The smallest absolute Gasteiger partial charge is 0.133 e. The third kappa shape index (κ3) is 8.27. The molecule has 166 valence electrons. The second-order valence-electron chi connectivity index (χ2n) is 7.66. The molecule has 2 heterocycles. The molecule has 3 rings (SSSR count). The summed E-state index contributed by atoms with van der Waals surface area (Å²) in [6, 6.07) is 5.44. The largest absolute Gasteiger partial charge is 0.496 e. The number of methoxy groups -OCH3 is 1. The number of ether oxygens (including phenoxy) is 1. The number of hydrazine groups is 1. The Morgan fingerprint density at radius 2 is 1.76 bits per heavy atom. The quantitative estimate of drug-likeness (QED) is 0.387. The highest BCUT2D eigenvalue weighted by atomic mass is 35.5. The van der Waals surface area contributed by atoms with Crippen LogP contribution in [0.15, 0.2) is 23.1 Å². The molecule has 1 aromatic rings. The van der Waals surface area contributed by atoms with Gasteiger partial charge in [-0.2, -0.15) is 0 Å². The first-order valence-electron chi connectivity index (χ1n) is 11.1. The molecule has 2 N–H and O–H groups in total. The van der Waals surface area contributed by atoms with Crippen LogP contribution in [0.4, 0.5) is 0 Å². The molecular weight excluding hydrogens is 406 g/mol. The number of hydrogen-bond donors (Lipinski definition) is 2. The summed E-state index contributed by atoms with van der Waals surface area (Å²) in [4.78, 5) is 0.816. The Labute approximate surface area is 186 Å². The van der Waals surface area contributed by atoms with Crippen molar-refractivity contribution < 1.29 is 9.94 Å². The third-order valence-electron chi connectivity index (χ3n) is 5.82. The summed E-state index contributed by atoms with van der Waals surface area (Å²) >= 11 is 7.33. The van der Waals surface area contributed by atoms with Gasteiger partial charge in [0.05, 0.1) is 12.0 Å². The Morgan fingerprint density at radius 3 is 2.38 bits per heavy atom. The second kappa shape index (κ2) is 13.7. The minimum absolute atomic E-state index is 0.638. The zero-order valence-corrected chi connectivity index (χ0v) is 19.8. The van der Waals surface area contributed by atoms with Crippen LogP contribution in [0, 0.1) is 11.8 Å². The van der Waals surface area contributed by atoms with E-state index in [0.29, 0.717) is 5.02 Å². The van der Waals surface area contributed by atoms with E-state index in [1.54, 1.807) is 13.2 Å². The molecule has 7 heteroatoms. The van der Waals surface area contributed by atoms with Crippen molar-refractivity contribution in [2.75, 3.05) is 33.3 Å². The van der Waals surface area contributed by atoms with Gasteiger partial charge in [0.25, 0.3) is 0 Å². The van der Waals surface area contributed by atoms with Gasteiger partial charge < -0.3 is 10.1 Å². The maximum absolute atomic E-state index is 10.5. The topological polar surface area (TPSA) is 48.0 Å². The molecule has 0 spiro atoms. The van der Waals surface area contributed by atoms with Crippen LogP contribution >= 0.6 is 23.5 Å². The summed E-state index contributed by atoms with van der Waals surface area (Å²) in [6.07, 6.45) is 9.07. The predicted octanol–water partition coefficient (Wildman–Crippen LogP) is 5.87. The van der Waals surface area contributed by atoms with Crippen molar-refractivity contribution in [1.29, 1.82) is 0 Å². The lowest BCUT2D eigenvalue weighted by Gasteiger charge is -2.35. The van der Waals surface area contributed by atoms with Crippen LogP contribution in [-0.4, -0.2) is 48.1 Å². The molecule has 0 unspecified atom stereocenters. The zero-order valence-electron chi connectivity index (χ0n) is 18.2. The SMILES string of the molecule is CC.COc1ccc(Cl)cc1SN(O)N1CCC(CCCC2CCNCC2)CC1. The van der Waals surface area contributed by atoms with Crippen LogP contribution in [-0.2, 0) is 0 Å². The predicted molar refractivity (Wildman–Crippen MR) is 123 cm³/mol. The van der Waals surface area contributed by atoms with Crippen molar-refractivity contribution in [1.82, 2.24) is 14.9 Å². The Morgan fingerprint density at radius 1 is 1.14 bits per heavy atom. The van der Waals surface area contributed by atoms with Crippen LogP contribution < -0.4 is 10.1 Å². The summed E-state index contributed by atoms with van der Waals surface area (Å²) in [5.41, 5.74) is 0. The highest BCUT2D eigenvalue weighted by Crippen LogP contribution is 2.35. The molecule has 5 nitrogen and oxygen atoms in total. The highest BCUT2D eigenvalue weighted by molar-refractivity contribution is 7.96. The molecule has 2 aliphatic heterocycles. The summed E-state index contributed by atoms with van der Waals surface area (Å²) in [5.74, 6) is 2.45. The molecule has 2 saturated heterocycles. The molecule has 29 heavy (non-hydrogen) atoms. The van der Waals surface area contributed by atoms with Crippen LogP contribution in [0.25, 0.3) is 0 Å². The average Bonchev–Trinajstić information content (AvgIpc) is 2.76. The van der Waals surface area contributed by atoms with E-state index in [2.05, 4.69) is 5.32 Å². The summed E-state index contributed by atoms with van der Waals surface area (Å²) in [5, 5.41) is 16.6. The van der Waals surface area contributed by atoms with Crippen molar-refractivity contribution in [3.63, 3.8) is 0 Å². The Bertz CT molecular complexity index is 579. The number of halogens is 1. The minimum Gasteiger partial charge on any atom is -0.496 e. The number of nitrogens with zero attached hydrogens (tertiary/aromatic N) is 2. The summed E-state index contributed by atoms with van der Waals surface area (Å²) in [7, 11) is 1.63. The lowest BCUT2D eigenvalue weighted by molar-refractivity contribution is -0.168. The van der Waals surface area contributed by atoms with E-state index in [0.717, 1.165) is 48.4 Å². The van der Waals surface area contributed by atoms with Gasteiger partial charge >= 0.3 is 0 Å². The van der Waals surface area contributed by atoms with Gasteiger partial charge in [-0.15, -0.1) is 0 Å². The van der Waals surface area contributed by atoms with E-state index in [4.69, 9.17) is 16.3 Å². The van der Waals surface area contributed by atoms with E-state index in [9.17, 15) is 5.21 Å². The van der Waals surface area contributed by atoms with Crippen LogP contribution in [0.5, 0.6) is 5.75 Å². The summed E-state index contributed by atoms with van der Waals surface area (Å²) in [6.45, 7) is 8.18. The summed E-state index contributed by atoms with van der Waals surface area (Å²) < 4.78 is 6.61. The first-order valence-corrected chi connectivity index (χ1v) is 12.3. The van der Waals surface area contributed by atoms with Gasteiger partial charge in [-0.25, -0.2) is 5.01 Å². The lowest BCUT2D eigenvalue weighted by atomic mass is 9.87. The van der Waals surface area contributed by atoms with Crippen LogP contribution in [0.2, 0.25) is 5.02 Å². The molecule has 0 aromatic heterocycles. The maximum atomic E-state index is 10.5. The molecule has 0 bridgehead atoms. The third-order valence-corrected chi connectivity index (χ3v) is 6.97. The Balaban J connectivity index is 0.00000145. The number of benzene rings is 1. The standard InChI is InChI=1S/C20H32ClN3O2S.C2H6/c1-26-19-6-5-18(21)15-20(19)27-24(25)23-13-9-17(10-14-23)4-2-3-16-7-11-22-12-8-16;1-2/h5-6,15-17,22,25H,2-4,7-14H2,1H3;1-2H3. The van der Waals surface area contributed by atoms with Crippen molar-refractivity contribution in [2.24, 2.45) is 11.8 Å². The number of piperidine rings is 2. The van der Waals surface area contributed by atoms with Crippen molar-refractivity contribution in [2.45, 2.75) is 63.7 Å². The van der Waals surface area contributed by atoms with Crippen LogP contribution in [0.3, 0.4) is 0 Å². The van der Waals surface area contributed by atoms with Crippen LogP contribution in [0.1, 0.15) is 58.8 Å². The normalized spacial score (nSPS) is 19.1. The Hall–Kier alpha value is -0.500. The first-order chi connectivity index (χ1) is 14.2. The maximum Gasteiger partial charge on any atom is 0.133 e. The number of nitrogens with one attached hydrogen (secondary N) is 1. The molecule has 0 saturated carbocycles. The van der Waals surface area contributed by atoms with E-state index < -0.39 is 0 Å². The van der Waals surface area contributed by atoms with E-state index in [-0.39, 0.29) is 0 Å². The first kappa shape index (κ1) is 24.8. The number of hydrogen-bond acceptors (Lipinski definition) is 6. The van der Waals surface area contributed by atoms with Gasteiger partial charge in [0.2, 0.25) is 0 Å². The highest BCUT2D eigenvalue weighted by Gasteiger charge is 2.24. The van der Waals surface area contributed by atoms with Gasteiger partial charge in [-0.1, -0.05) is 49.3 Å². The molecule has 0 radical (unpaired) electrons. The van der Waals surface area contributed by atoms with E-state index in [1.165, 1.54) is 61.7 Å². The fraction of sp³-hybridized carbons (Fsp3) is 0.727. The molecule has 0 amide bonds. The van der Waals surface area contributed by atoms with Gasteiger partial charge in [0, 0.05) is 30.1 Å². The van der Waals surface area contributed by atoms with Crippen molar-refractivity contribution in [3.8, 4) is 5.75 Å². The molecule has 2 aliphatic rings. The van der Waals surface area contributed by atoms with E-state index >= 15 is 0 Å². The van der Waals surface area contributed by atoms with Crippen molar-refractivity contribution in [3.05, 3.63) is 23.2 Å². The monoisotopic (exact) mass is 443 g/mol. The molecular formula is C22H38ClN3O2S. The van der Waals surface area contributed by atoms with E-state index in [1.807, 2.05) is 31.0 Å². The van der Waals surface area contributed by atoms with Gasteiger partial charge in [-0.3, -0.25) is 5.21 Å². The van der Waals surface area contributed by atoms with Gasteiger partial charge in [0.1, 0.15) is 5.75 Å². The lowest BCUT2D eigenvalue weighted by Crippen LogP contribution is -2.41. The zero-order chi connectivity index (χ0) is 21.1. The Kier molecular flexibility index (Phi) is 11.7. The fourth-order valence-corrected chi connectivity index (χ4v) is 5.22. The molecule has 0 atom stereocenters.